The molecule has 0 aliphatic carbocycles. The molecule has 1 unspecified atom stereocenters. The Balaban J connectivity index is 0.00000104. The van der Waals surface area contributed by atoms with Crippen LogP contribution < -0.4 is 30.1 Å². The van der Waals surface area contributed by atoms with Crippen LogP contribution in [-0.4, -0.2) is 83.0 Å². The monoisotopic (exact) mass is 936 g/mol. The van der Waals surface area contributed by atoms with Crippen molar-refractivity contribution >= 4 is 32.3 Å². The van der Waals surface area contributed by atoms with Gasteiger partial charge in [-0.1, -0.05) is 44.9 Å². The Morgan fingerprint density at radius 1 is 0.875 bits per heavy atom. The molecule has 3 aromatic rings. The molecule has 0 fully saturated rings. The smallest absolute Gasteiger partial charge is 0.455 e. The summed E-state index contributed by atoms with van der Waals surface area (Å²) in [6.45, 7) is 17.3. The molecule has 348 valence electrons. The van der Waals surface area contributed by atoms with Crippen LogP contribution >= 0.6 is 9.03 Å². The first-order valence-corrected chi connectivity index (χ1v) is 24.3. The summed E-state index contributed by atoms with van der Waals surface area (Å²) >= 11 is 0. The molecule has 13 heteroatoms. The number of nitriles is 1. The summed E-state index contributed by atoms with van der Waals surface area (Å²) in [4.78, 5) is 31.1. The van der Waals surface area contributed by atoms with Crippen molar-refractivity contribution in [3.63, 3.8) is 0 Å². The van der Waals surface area contributed by atoms with Crippen molar-refractivity contribution in [2.45, 2.75) is 110 Å². The standard InChI is InChI=1S/C45H54N5O6P.2C3H7.Ni/c1-48(25-28-53-45(52)47-20-6-2-3-7-26-54-57-55-27-12-19-46)44(51)34-16-5-4-15-33(34)39-37-29-31-13-8-21-49-23-10-17-35(40(31)49)42(37)56-43-36-18-11-24-50-22-9-14-32(41(36)50)30-38(39)43;2*1-3-2;/h4-5,15-16,29-30,57H,2-3,6-14,17-18,20-28H2,1H3;2*1,3H2,2H3;/q;2*-1;+2/p+1. The molecule has 0 saturated heterocycles. The topological polar surface area (TPSA) is 116 Å². The number of carbonyl (C=O) groups excluding carboxylic acids is 2. The number of nitrogens with one attached hydrogen (secondary N) is 1. The van der Waals surface area contributed by atoms with E-state index in [1.165, 1.54) is 33.3 Å². The number of hydrogen-bond donors (Lipinski definition) is 1. The van der Waals surface area contributed by atoms with Gasteiger partial charge in [0.1, 0.15) is 31.2 Å². The summed E-state index contributed by atoms with van der Waals surface area (Å²) in [5, 5.41) is 13.8. The van der Waals surface area contributed by atoms with Crippen molar-refractivity contribution < 1.29 is 44.6 Å². The van der Waals surface area contributed by atoms with Crippen molar-refractivity contribution in [3.05, 3.63) is 99.8 Å². The minimum Gasteiger partial charge on any atom is -0.455 e. The van der Waals surface area contributed by atoms with E-state index in [-0.39, 0.29) is 44.6 Å². The minimum atomic E-state index is -0.474. The summed E-state index contributed by atoms with van der Waals surface area (Å²) < 4.78 is 26.0. The Labute approximate surface area is 393 Å². The van der Waals surface area contributed by atoms with E-state index in [1.807, 2.05) is 38.1 Å². The van der Waals surface area contributed by atoms with Crippen molar-refractivity contribution in [2.24, 2.45) is 0 Å². The number of rotatable bonds is 16. The maximum absolute atomic E-state index is 14.4. The van der Waals surface area contributed by atoms with Crippen LogP contribution in [0.2, 0.25) is 0 Å². The molecule has 0 bridgehead atoms. The number of hydrogen-bond acceptors (Lipinski definition) is 8. The van der Waals surface area contributed by atoms with Crippen LogP contribution in [0.25, 0.3) is 5.57 Å². The van der Waals surface area contributed by atoms with E-state index >= 15 is 0 Å². The van der Waals surface area contributed by atoms with E-state index in [0.717, 1.165) is 149 Å². The molecule has 0 spiro atoms. The molecular weight excluding hydrogens is 868 g/mol. The fraction of sp³-hybridized carbons (Fsp3) is 0.529. The zero-order chi connectivity index (χ0) is 44.6. The zero-order valence-electron chi connectivity index (χ0n) is 38.4. The van der Waals surface area contributed by atoms with Crippen molar-refractivity contribution in [3.8, 4) is 17.6 Å². The summed E-state index contributed by atoms with van der Waals surface area (Å²) in [6.07, 6.45) is 14.2. The molecule has 1 N–H and O–H groups in total. The second-order valence-electron chi connectivity index (χ2n) is 16.8. The maximum atomic E-state index is 14.4. The molecule has 0 radical (unpaired) electrons. The zero-order valence-corrected chi connectivity index (χ0v) is 40.4. The van der Waals surface area contributed by atoms with Crippen LogP contribution in [0, 0.1) is 25.2 Å². The fourth-order valence-corrected chi connectivity index (χ4v) is 9.89. The van der Waals surface area contributed by atoms with Crippen LogP contribution in [-0.2, 0) is 56.0 Å². The molecule has 5 heterocycles. The van der Waals surface area contributed by atoms with Crippen molar-refractivity contribution in [2.75, 3.05) is 71.0 Å². The SMILES string of the molecule is CN(CCOC(=O)NCCCCCCOPOCCC#N)C(=O)c1ccccc1C1=c2cc3c4c(c2Oc2c1cc1c5c2CCCN5CCC1)CCC[N+]=4CCC3.[CH2-]CC.[CH2-]CC.[Ni+2]. The predicted octanol–water partition coefficient (Wildman–Crippen LogP) is 8.39. The van der Waals surface area contributed by atoms with Gasteiger partial charge >= 0.3 is 22.6 Å². The number of anilines is 1. The van der Waals surface area contributed by atoms with E-state index in [1.54, 1.807) is 11.9 Å². The average Bonchev–Trinajstić information content (AvgIpc) is 3.29. The van der Waals surface area contributed by atoms with Gasteiger partial charge in [-0.25, -0.2) is 9.37 Å². The number of ether oxygens (including phenoxy) is 2. The van der Waals surface area contributed by atoms with Gasteiger partial charge in [-0.3, -0.25) is 4.79 Å². The normalized spacial score (nSPS) is 15.0. The van der Waals surface area contributed by atoms with Crippen LogP contribution in [0.4, 0.5) is 10.5 Å². The number of amides is 2. The van der Waals surface area contributed by atoms with Gasteiger partial charge in [0.25, 0.3) is 5.91 Å². The summed E-state index contributed by atoms with van der Waals surface area (Å²) in [6, 6.07) is 14.8. The fourth-order valence-electron chi connectivity index (χ4n) is 9.39. The van der Waals surface area contributed by atoms with Crippen molar-refractivity contribution in [1.82, 2.24) is 14.8 Å². The van der Waals surface area contributed by atoms with Crippen LogP contribution in [0.1, 0.15) is 128 Å². The number of benzene rings is 3. The van der Waals surface area contributed by atoms with Crippen LogP contribution in [0.5, 0.6) is 11.5 Å². The molecule has 1 atom stereocenters. The summed E-state index contributed by atoms with van der Waals surface area (Å²) in [7, 11) is 1.75. The van der Waals surface area contributed by atoms with E-state index in [4.69, 9.17) is 23.8 Å². The molecule has 64 heavy (non-hydrogen) atoms. The van der Waals surface area contributed by atoms with E-state index < -0.39 is 6.09 Å². The number of carbonyl (C=O) groups is 2. The number of unbranched alkanes of at least 4 members (excludes halogenated alkanes) is 3. The number of aryl methyl sites for hydroxylation is 2. The first-order chi connectivity index (χ1) is 30.9. The molecule has 11 nitrogen and oxygen atoms in total. The van der Waals surface area contributed by atoms with E-state index in [2.05, 4.69) is 46.8 Å². The largest absolute Gasteiger partial charge is 2.00 e. The summed E-state index contributed by atoms with van der Waals surface area (Å²) in [5.74, 6) is 1.85. The molecule has 5 aliphatic rings. The van der Waals surface area contributed by atoms with Crippen LogP contribution in [0.15, 0.2) is 36.4 Å². The third-order valence-electron chi connectivity index (χ3n) is 12.0. The quantitative estimate of drug-likeness (QED) is 0.0392. The molecule has 5 aliphatic heterocycles. The second-order valence-corrected chi connectivity index (χ2v) is 17.5. The Bertz CT molecular complexity index is 2220. The molecule has 2 amide bonds. The second kappa shape index (κ2) is 26.2. The van der Waals surface area contributed by atoms with E-state index in [0.29, 0.717) is 31.7 Å². The van der Waals surface area contributed by atoms with Gasteiger partial charge in [0, 0.05) is 78.3 Å². The number of fused-ring (bicyclic) bond motifs is 4. The molecular formula is C51H69N5NiO6P+. The Hall–Kier alpha value is -4.00. The first-order valence-electron chi connectivity index (χ1n) is 23.5. The third kappa shape index (κ3) is 12.5. The van der Waals surface area contributed by atoms with Gasteiger partial charge in [0.15, 0.2) is 9.03 Å². The summed E-state index contributed by atoms with van der Waals surface area (Å²) in [5.41, 5.74) is 10.6. The average molecular weight is 938 g/mol. The number of likely N-dealkylation sites (N-methyl/N-ethyl adjacent to an activating group) is 1. The minimum absolute atomic E-state index is 0. The van der Waals surface area contributed by atoms with E-state index in [9.17, 15) is 9.59 Å². The van der Waals surface area contributed by atoms with Crippen molar-refractivity contribution in [1.29, 1.82) is 5.26 Å². The van der Waals surface area contributed by atoms with Gasteiger partial charge in [0.05, 0.1) is 37.8 Å². The molecule has 3 aromatic carbocycles. The van der Waals surface area contributed by atoms with Gasteiger partial charge in [0.2, 0.25) is 5.36 Å². The first kappa shape index (κ1) is 51.0. The van der Waals surface area contributed by atoms with Gasteiger partial charge in [-0.2, -0.15) is 18.1 Å². The van der Waals surface area contributed by atoms with Crippen LogP contribution in [0.3, 0.4) is 0 Å². The maximum Gasteiger partial charge on any atom is 2.00 e. The van der Waals surface area contributed by atoms with Gasteiger partial charge in [-0.05, 0) is 80.7 Å². The Morgan fingerprint density at radius 3 is 2.34 bits per heavy atom. The Morgan fingerprint density at radius 2 is 1.56 bits per heavy atom. The number of nitrogens with zero attached hydrogens (tertiary/aromatic N) is 4. The third-order valence-corrected chi connectivity index (χ3v) is 12.6. The predicted molar refractivity (Wildman–Crippen MR) is 253 cm³/mol. The van der Waals surface area contributed by atoms with Gasteiger partial charge in [-0.15, -0.1) is 0 Å². The van der Waals surface area contributed by atoms with Gasteiger partial charge < -0.3 is 47.5 Å². The number of alkyl carbamates (subject to hydrolysis) is 1. The Kier molecular flexibility index (Phi) is 20.9. The molecule has 0 saturated carbocycles. The molecule has 8 rings (SSSR count). The molecule has 0 aromatic heterocycles.